The van der Waals surface area contributed by atoms with Gasteiger partial charge in [0.1, 0.15) is 0 Å². The fourth-order valence-corrected chi connectivity index (χ4v) is 5.35. The van der Waals surface area contributed by atoms with Crippen LogP contribution in [-0.2, 0) is 10.2 Å². The van der Waals surface area contributed by atoms with Crippen LogP contribution in [-0.4, -0.2) is 43.7 Å². The summed E-state index contributed by atoms with van der Waals surface area (Å²) in [7, 11) is 0. The van der Waals surface area contributed by atoms with Crippen molar-refractivity contribution in [2.75, 3.05) is 0 Å². The molecule has 4 aliphatic rings. The van der Waals surface area contributed by atoms with Crippen LogP contribution >= 0.6 is 11.6 Å². The van der Waals surface area contributed by atoms with Crippen LogP contribution < -0.4 is 5.32 Å². The molecule has 4 fully saturated rings. The van der Waals surface area contributed by atoms with E-state index < -0.39 is 12.5 Å². The minimum atomic E-state index is -4.63. The normalized spacial score (nSPS) is 31.0. The van der Waals surface area contributed by atoms with Crippen molar-refractivity contribution in [3.05, 3.63) is 46.9 Å². The number of aromatic nitrogens is 4. The summed E-state index contributed by atoms with van der Waals surface area (Å²) in [4.78, 5) is 12.7. The Hall–Kier alpha value is -2.66. The van der Waals surface area contributed by atoms with Crippen LogP contribution in [0.3, 0.4) is 0 Å². The number of carbonyl (C=O) groups is 1. The van der Waals surface area contributed by atoms with Crippen LogP contribution in [0, 0.1) is 0 Å². The Morgan fingerprint density at radius 2 is 2.00 bits per heavy atom. The Morgan fingerprint density at radius 3 is 2.72 bits per heavy atom. The highest BCUT2D eigenvalue weighted by molar-refractivity contribution is 6.30. The Morgan fingerprint density at radius 1 is 1.25 bits per heavy atom. The van der Waals surface area contributed by atoms with Crippen LogP contribution in [0.1, 0.15) is 60.3 Å². The van der Waals surface area contributed by atoms with E-state index in [9.17, 15) is 18.0 Å². The lowest BCUT2D eigenvalue weighted by Crippen LogP contribution is -2.76. The molecule has 8 nitrogen and oxygen atoms in total. The Kier molecular flexibility index (Phi) is 4.02. The summed E-state index contributed by atoms with van der Waals surface area (Å²) in [5, 5.41) is 16.0. The molecule has 4 aliphatic carbocycles. The lowest BCUT2D eigenvalue weighted by atomic mass is 9.39. The van der Waals surface area contributed by atoms with Gasteiger partial charge in [0.15, 0.2) is 5.69 Å². The summed E-state index contributed by atoms with van der Waals surface area (Å²) in [5.41, 5.74) is 0.496. The van der Waals surface area contributed by atoms with E-state index in [1.165, 1.54) is 0 Å². The standard InChI is InChI=1S/C20H17ClF3N5O3/c21-11-1-2-12-5-14(28-29(12)6-11)15(30)25-19-7-18(8-19,9-19)17-27-26-16(31-17)10-3-13(4-10)32-20(22,23)24/h1-2,5-6,10,13H,3-4,7-9H2,(H,25,30). The molecule has 0 atom stereocenters. The summed E-state index contributed by atoms with van der Waals surface area (Å²) in [6, 6.07) is 5.22. The molecule has 0 unspecified atom stereocenters. The van der Waals surface area contributed by atoms with Crippen molar-refractivity contribution in [3.63, 3.8) is 0 Å². The Bertz CT molecular complexity index is 1210. The molecule has 3 aromatic rings. The van der Waals surface area contributed by atoms with E-state index in [1.54, 1.807) is 28.9 Å². The second-order valence-corrected chi connectivity index (χ2v) is 9.53. The highest BCUT2D eigenvalue weighted by Crippen LogP contribution is 2.67. The lowest BCUT2D eigenvalue weighted by Gasteiger charge is -2.68. The SMILES string of the molecule is O=C(NC12CC(c3nnc(C4CC(OC(F)(F)F)C4)o3)(C1)C2)c1cc2ccc(Cl)cn2n1. The molecule has 3 aromatic heterocycles. The van der Waals surface area contributed by atoms with Gasteiger partial charge in [-0.25, -0.2) is 4.52 Å². The number of pyridine rings is 1. The smallest absolute Gasteiger partial charge is 0.424 e. The molecule has 0 aromatic carbocycles. The molecule has 0 saturated heterocycles. The van der Waals surface area contributed by atoms with Gasteiger partial charge in [-0.15, -0.1) is 23.4 Å². The molecule has 7 rings (SSSR count). The Labute approximate surface area is 184 Å². The van der Waals surface area contributed by atoms with Crippen molar-refractivity contribution in [2.45, 2.75) is 61.4 Å². The average Bonchev–Trinajstić information content (AvgIpc) is 3.25. The zero-order valence-electron chi connectivity index (χ0n) is 16.5. The fourth-order valence-electron chi connectivity index (χ4n) is 5.19. The first-order valence-corrected chi connectivity index (χ1v) is 10.6. The molecule has 32 heavy (non-hydrogen) atoms. The van der Waals surface area contributed by atoms with Gasteiger partial charge in [0.05, 0.1) is 22.1 Å². The van der Waals surface area contributed by atoms with Crippen LogP contribution in [0.25, 0.3) is 5.52 Å². The van der Waals surface area contributed by atoms with Crippen LogP contribution in [0.2, 0.25) is 5.02 Å². The number of nitrogens with zero attached hydrogens (tertiary/aromatic N) is 4. The third-order valence-electron chi connectivity index (χ3n) is 6.70. The van der Waals surface area contributed by atoms with Gasteiger partial charge in [-0.05, 0) is 50.3 Å². The second-order valence-electron chi connectivity index (χ2n) is 9.09. The second kappa shape index (κ2) is 6.44. The zero-order chi connectivity index (χ0) is 22.3. The van der Waals surface area contributed by atoms with Gasteiger partial charge in [-0.1, -0.05) is 11.6 Å². The third-order valence-corrected chi connectivity index (χ3v) is 6.93. The molecule has 0 spiro atoms. The number of alkyl halides is 3. The van der Waals surface area contributed by atoms with Gasteiger partial charge in [-0.3, -0.25) is 9.53 Å². The summed E-state index contributed by atoms with van der Waals surface area (Å²) in [6.07, 6.45) is -1.41. The van der Waals surface area contributed by atoms with Crippen molar-refractivity contribution in [1.29, 1.82) is 0 Å². The number of carbonyl (C=O) groups excluding carboxylic acids is 1. The van der Waals surface area contributed by atoms with Gasteiger partial charge < -0.3 is 9.73 Å². The first-order chi connectivity index (χ1) is 15.1. The van der Waals surface area contributed by atoms with Crippen molar-refractivity contribution < 1.29 is 27.1 Å². The van der Waals surface area contributed by atoms with Gasteiger partial charge >= 0.3 is 6.36 Å². The zero-order valence-corrected chi connectivity index (χ0v) is 17.3. The lowest BCUT2D eigenvalue weighted by molar-refractivity contribution is -0.352. The third kappa shape index (κ3) is 3.17. The summed E-state index contributed by atoms with van der Waals surface area (Å²) >= 11 is 5.96. The first kappa shape index (κ1) is 20.0. The maximum atomic E-state index is 12.7. The molecular formula is C20H17ClF3N5O3. The van der Waals surface area contributed by atoms with Crippen molar-refractivity contribution in [1.82, 2.24) is 25.1 Å². The quantitative estimate of drug-likeness (QED) is 0.614. The van der Waals surface area contributed by atoms with Crippen LogP contribution in [0.4, 0.5) is 13.2 Å². The van der Waals surface area contributed by atoms with Gasteiger partial charge in [0, 0.05) is 17.7 Å². The topological polar surface area (TPSA) is 94.5 Å². The van der Waals surface area contributed by atoms with Gasteiger partial charge in [0.2, 0.25) is 11.8 Å². The highest BCUT2D eigenvalue weighted by atomic mass is 35.5. The van der Waals surface area contributed by atoms with Crippen molar-refractivity contribution >= 4 is 23.0 Å². The predicted molar refractivity (Wildman–Crippen MR) is 103 cm³/mol. The summed E-state index contributed by atoms with van der Waals surface area (Å²) < 4.78 is 48.2. The van der Waals surface area contributed by atoms with Crippen molar-refractivity contribution in [2.24, 2.45) is 0 Å². The predicted octanol–water partition coefficient (Wildman–Crippen LogP) is 3.76. The van der Waals surface area contributed by atoms with Crippen LogP contribution in [0.5, 0.6) is 0 Å². The van der Waals surface area contributed by atoms with E-state index >= 15 is 0 Å². The fraction of sp³-hybridized carbons (Fsp3) is 0.500. The number of fused-ring (bicyclic) bond motifs is 1. The molecule has 3 heterocycles. The monoisotopic (exact) mass is 467 g/mol. The van der Waals surface area contributed by atoms with Crippen LogP contribution in [0.15, 0.2) is 28.8 Å². The number of halogens is 4. The Balaban J connectivity index is 1.06. The van der Waals surface area contributed by atoms with E-state index in [2.05, 4.69) is 25.3 Å². The van der Waals surface area contributed by atoms with E-state index in [4.69, 9.17) is 16.0 Å². The minimum Gasteiger partial charge on any atom is -0.424 e. The largest absolute Gasteiger partial charge is 0.522 e. The molecule has 0 radical (unpaired) electrons. The molecule has 4 saturated carbocycles. The summed E-state index contributed by atoms with van der Waals surface area (Å²) in [6.45, 7) is 0. The molecule has 2 bridgehead atoms. The number of hydrogen-bond acceptors (Lipinski definition) is 6. The molecular weight excluding hydrogens is 451 g/mol. The maximum Gasteiger partial charge on any atom is 0.522 e. The van der Waals surface area contributed by atoms with Gasteiger partial charge in [-0.2, -0.15) is 5.10 Å². The minimum absolute atomic E-state index is 0.207. The molecule has 168 valence electrons. The van der Waals surface area contributed by atoms with Gasteiger partial charge in [0.25, 0.3) is 5.91 Å². The maximum absolute atomic E-state index is 12.7. The number of ether oxygens (including phenoxy) is 1. The van der Waals surface area contributed by atoms with E-state index in [1.807, 2.05) is 0 Å². The van der Waals surface area contributed by atoms with E-state index in [-0.39, 0.29) is 35.6 Å². The number of rotatable bonds is 5. The number of amides is 1. The molecule has 0 aliphatic heterocycles. The van der Waals surface area contributed by atoms with E-state index in [0.717, 1.165) is 5.52 Å². The molecule has 12 heteroatoms. The number of nitrogens with one attached hydrogen (secondary N) is 1. The average molecular weight is 468 g/mol. The van der Waals surface area contributed by atoms with Crippen molar-refractivity contribution in [3.8, 4) is 0 Å². The highest BCUT2D eigenvalue weighted by Gasteiger charge is 2.72. The molecule has 1 N–H and O–H groups in total. The first-order valence-electron chi connectivity index (χ1n) is 10.2. The summed E-state index contributed by atoms with van der Waals surface area (Å²) in [5.74, 6) is 0.377. The number of hydrogen-bond donors (Lipinski definition) is 1. The van der Waals surface area contributed by atoms with E-state index in [0.29, 0.717) is 41.8 Å². The molecule has 1 amide bonds.